The van der Waals surface area contributed by atoms with Crippen molar-refractivity contribution in [3.8, 4) is 5.75 Å². The zero-order valence-electron chi connectivity index (χ0n) is 17.8. The normalized spacial score (nSPS) is 14.5. The molecule has 6 nitrogen and oxygen atoms in total. The highest BCUT2D eigenvalue weighted by Gasteiger charge is 2.28. The molecular weight excluding hydrogens is 536 g/mol. The van der Waals surface area contributed by atoms with E-state index in [2.05, 4.69) is 32.7 Å². The molecule has 0 atom stereocenters. The Balaban J connectivity index is 0.00000363. The first-order valence-electron chi connectivity index (χ1n) is 10.1. The van der Waals surface area contributed by atoms with Crippen LogP contribution < -0.4 is 20.3 Å². The minimum Gasteiger partial charge on any atom is -0.484 e. The second-order valence-electron chi connectivity index (χ2n) is 7.06. The third-order valence-electron chi connectivity index (χ3n) is 4.80. The van der Waals surface area contributed by atoms with Gasteiger partial charge in [-0.1, -0.05) is 30.3 Å². The van der Waals surface area contributed by atoms with E-state index in [9.17, 15) is 13.2 Å². The Bertz CT molecular complexity index is 857. The number of hydrogen-bond donors (Lipinski definition) is 2. The second kappa shape index (κ2) is 12.7. The predicted octanol–water partition coefficient (Wildman–Crippen LogP) is 3.95. The average Bonchev–Trinajstić information content (AvgIpc) is 2.79. The molecule has 0 unspecified atom stereocenters. The van der Waals surface area contributed by atoms with E-state index in [4.69, 9.17) is 9.47 Å². The number of rotatable bonds is 7. The lowest BCUT2D eigenvalue weighted by Gasteiger charge is -2.30. The molecule has 0 radical (unpaired) electrons. The fourth-order valence-electron chi connectivity index (χ4n) is 3.23. The highest BCUT2D eigenvalue weighted by atomic mass is 127. The maximum atomic E-state index is 12.2. The Hall–Kier alpha value is -2.21. The van der Waals surface area contributed by atoms with Gasteiger partial charge in [-0.2, -0.15) is 13.2 Å². The summed E-state index contributed by atoms with van der Waals surface area (Å²) in [7, 11) is 1.69. The number of ether oxygens (including phenoxy) is 2. The van der Waals surface area contributed by atoms with Crippen molar-refractivity contribution < 1.29 is 22.6 Å². The molecule has 0 aliphatic carbocycles. The van der Waals surface area contributed by atoms with Crippen molar-refractivity contribution in [3.05, 3.63) is 59.7 Å². The summed E-state index contributed by atoms with van der Waals surface area (Å²) in [6, 6.07) is 14.7. The van der Waals surface area contributed by atoms with E-state index in [1.54, 1.807) is 19.2 Å². The number of nitrogens with zero attached hydrogens (tertiary/aromatic N) is 2. The van der Waals surface area contributed by atoms with E-state index in [1.807, 2.05) is 12.1 Å². The molecule has 1 fully saturated rings. The smallest absolute Gasteiger partial charge is 0.422 e. The predicted molar refractivity (Wildman–Crippen MR) is 130 cm³/mol. The molecule has 0 amide bonds. The van der Waals surface area contributed by atoms with Gasteiger partial charge in [-0.25, -0.2) is 0 Å². The molecule has 10 heteroatoms. The molecule has 1 aliphatic heterocycles. The number of benzene rings is 2. The van der Waals surface area contributed by atoms with Crippen molar-refractivity contribution >= 4 is 35.6 Å². The number of hydrogen-bond acceptors (Lipinski definition) is 4. The van der Waals surface area contributed by atoms with E-state index in [0.717, 1.165) is 31.9 Å². The summed E-state index contributed by atoms with van der Waals surface area (Å²) < 4.78 is 46.9. The second-order valence-corrected chi connectivity index (χ2v) is 7.06. The van der Waals surface area contributed by atoms with E-state index < -0.39 is 12.8 Å². The number of guanidine groups is 1. The summed E-state index contributed by atoms with van der Waals surface area (Å²) in [6.07, 6.45) is -4.35. The van der Waals surface area contributed by atoms with E-state index in [0.29, 0.717) is 19.0 Å². The summed E-state index contributed by atoms with van der Waals surface area (Å²) >= 11 is 0. The van der Waals surface area contributed by atoms with Crippen LogP contribution in [0.4, 0.5) is 18.9 Å². The average molecular weight is 564 g/mol. The van der Waals surface area contributed by atoms with Gasteiger partial charge in [-0.05, 0) is 29.3 Å². The highest BCUT2D eigenvalue weighted by Crippen LogP contribution is 2.21. The van der Waals surface area contributed by atoms with Gasteiger partial charge in [0.15, 0.2) is 12.6 Å². The molecule has 32 heavy (non-hydrogen) atoms. The van der Waals surface area contributed by atoms with Crippen LogP contribution in [0, 0.1) is 0 Å². The molecule has 0 spiro atoms. The molecule has 2 aromatic rings. The van der Waals surface area contributed by atoms with Crippen LogP contribution >= 0.6 is 24.0 Å². The van der Waals surface area contributed by atoms with Gasteiger partial charge in [-0.3, -0.25) is 4.99 Å². The molecule has 1 aliphatic rings. The van der Waals surface area contributed by atoms with E-state index in [1.165, 1.54) is 23.4 Å². The molecule has 2 aromatic carbocycles. The summed E-state index contributed by atoms with van der Waals surface area (Å²) in [5.74, 6) is 0.817. The number of para-hydroxylation sites is 1. The van der Waals surface area contributed by atoms with Crippen molar-refractivity contribution in [1.29, 1.82) is 0 Å². The van der Waals surface area contributed by atoms with Crippen LogP contribution in [0.2, 0.25) is 0 Å². The molecule has 2 N–H and O–H groups in total. The molecule has 1 saturated heterocycles. The van der Waals surface area contributed by atoms with Crippen molar-refractivity contribution in [2.45, 2.75) is 19.3 Å². The number of halogens is 4. The number of alkyl halides is 3. The van der Waals surface area contributed by atoms with Crippen LogP contribution in [0.5, 0.6) is 5.75 Å². The van der Waals surface area contributed by atoms with Crippen molar-refractivity contribution in [3.63, 3.8) is 0 Å². The molecule has 0 saturated carbocycles. The van der Waals surface area contributed by atoms with Gasteiger partial charge in [0.05, 0.1) is 13.2 Å². The highest BCUT2D eigenvalue weighted by molar-refractivity contribution is 14.0. The number of anilines is 1. The zero-order valence-corrected chi connectivity index (χ0v) is 20.2. The van der Waals surface area contributed by atoms with Gasteiger partial charge in [0.25, 0.3) is 0 Å². The molecule has 0 bridgehead atoms. The number of aliphatic imine (C=N–C) groups is 1. The Labute approximate surface area is 203 Å². The first-order chi connectivity index (χ1) is 14.9. The first kappa shape index (κ1) is 26.0. The maximum absolute atomic E-state index is 12.2. The third kappa shape index (κ3) is 8.38. The maximum Gasteiger partial charge on any atom is 0.422 e. The lowest BCUT2D eigenvalue weighted by Crippen LogP contribution is -2.38. The molecule has 3 rings (SSSR count). The fraction of sp³-hybridized carbons (Fsp3) is 0.409. The Morgan fingerprint density at radius 3 is 2.34 bits per heavy atom. The first-order valence-corrected chi connectivity index (χ1v) is 10.1. The topological polar surface area (TPSA) is 58.1 Å². The van der Waals surface area contributed by atoms with Crippen LogP contribution in [0.1, 0.15) is 11.1 Å². The van der Waals surface area contributed by atoms with Crippen molar-refractivity contribution in [1.82, 2.24) is 10.6 Å². The van der Waals surface area contributed by atoms with E-state index in [-0.39, 0.29) is 29.7 Å². The van der Waals surface area contributed by atoms with Gasteiger partial charge < -0.3 is 25.0 Å². The standard InChI is InChI=1S/C22H27F3N4O2.HI/c1-26-21(27-14-17-6-8-19(9-7-17)31-16-22(23,24)25)28-15-18-4-2-3-5-20(18)29-10-12-30-13-11-29;/h2-9H,10-16H2,1H3,(H2,26,27,28);1H. The summed E-state index contributed by atoms with van der Waals surface area (Å²) in [6.45, 7) is 2.98. The minimum absolute atomic E-state index is 0. The van der Waals surface area contributed by atoms with Crippen LogP contribution in [0.3, 0.4) is 0 Å². The lowest BCUT2D eigenvalue weighted by molar-refractivity contribution is -0.153. The van der Waals surface area contributed by atoms with Crippen LogP contribution in [0.15, 0.2) is 53.5 Å². The lowest BCUT2D eigenvalue weighted by atomic mass is 10.1. The number of nitrogens with one attached hydrogen (secondary N) is 2. The Morgan fingerprint density at radius 2 is 1.69 bits per heavy atom. The summed E-state index contributed by atoms with van der Waals surface area (Å²) in [5.41, 5.74) is 3.25. The van der Waals surface area contributed by atoms with Crippen LogP contribution in [-0.2, 0) is 17.8 Å². The molecule has 0 aromatic heterocycles. The Morgan fingerprint density at radius 1 is 1.03 bits per heavy atom. The number of morpholine rings is 1. The SMILES string of the molecule is CN=C(NCc1ccc(OCC(F)(F)F)cc1)NCc1ccccc1N1CCOCC1.I. The quantitative estimate of drug-likeness (QED) is 0.303. The fourth-order valence-corrected chi connectivity index (χ4v) is 3.23. The molecule has 176 valence electrons. The summed E-state index contributed by atoms with van der Waals surface area (Å²) in [4.78, 5) is 6.56. The third-order valence-corrected chi connectivity index (χ3v) is 4.80. The zero-order chi connectivity index (χ0) is 22.1. The largest absolute Gasteiger partial charge is 0.484 e. The van der Waals surface area contributed by atoms with Crippen molar-refractivity contribution in [2.75, 3.05) is 44.9 Å². The van der Waals surface area contributed by atoms with Gasteiger partial charge in [0.2, 0.25) is 0 Å². The van der Waals surface area contributed by atoms with Gasteiger partial charge in [-0.15, -0.1) is 24.0 Å². The van der Waals surface area contributed by atoms with Gasteiger partial charge in [0, 0.05) is 38.9 Å². The summed E-state index contributed by atoms with van der Waals surface area (Å²) in [5, 5.41) is 6.53. The van der Waals surface area contributed by atoms with Crippen LogP contribution in [0.25, 0.3) is 0 Å². The molecule has 1 heterocycles. The van der Waals surface area contributed by atoms with Gasteiger partial charge in [0.1, 0.15) is 5.75 Å². The Kier molecular flexibility index (Phi) is 10.4. The van der Waals surface area contributed by atoms with Gasteiger partial charge >= 0.3 is 6.18 Å². The van der Waals surface area contributed by atoms with E-state index >= 15 is 0 Å². The van der Waals surface area contributed by atoms with Crippen LogP contribution in [-0.4, -0.2) is 52.1 Å². The monoisotopic (exact) mass is 564 g/mol. The van der Waals surface area contributed by atoms with Crippen molar-refractivity contribution in [2.24, 2.45) is 4.99 Å². The minimum atomic E-state index is -4.35. The molecular formula is C22H28F3IN4O2.